The van der Waals surface area contributed by atoms with Gasteiger partial charge in [-0.1, -0.05) is 11.6 Å². The summed E-state index contributed by atoms with van der Waals surface area (Å²) in [6, 6.07) is 6.95. The SMILES string of the molecule is CN(C)c1ccc2c(Cl)ccc(O)c2n1. The van der Waals surface area contributed by atoms with Crippen molar-refractivity contribution in [2.75, 3.05) is 19.0 Å². The second-order valence-electron chi connectivity index (χ2n) is 3.53. The lowest BCUT2D eigenvalue weighted by Gasteiger charge is -2.12. The van der Waals surface area contributed by atoms with Gasteiger partial charge in [-0.15, -0.1) is 0 Å². The van der Waals surface area contributed by atoms with Crippen LogP contribution in [0.25, 0.3) is 10.9 Å². The molecule has 15 heavy (non-hydrogen) atoms. The van der Waals surface area contributed by atoms with Gasteiger partial charge in [0.2, 0.25) is 0 Å². The molecule has 0 aliphatic rings. The molecule has 0 amide bonds. The van der Waals surface area contributed by atoms with Crippen molar-refractivity contribution in [2.45, 2.75) is 0 Å². The van der Waals surface area contributed by atoms with Crippen molar-refractivity contribution >= 4 is 28.3 Å². The van der Waals surface area contributed by atoms with Crippen molar-refractivity contribution in [3.05, 3.63) is 29.3 Å². The molecule has 4 heteroatoms. The van der Waals surface area contributed by atoms with Crippen molar-refractivity contribution in [3.63, 3.8) is 0 Å². The van der Waals surface area contributed by atoms with Gasteiger partial charge in [0.25, 0.3) is 0 Å². The molecule has 0 saturated carbocycles. The van der Waals surface area contributed by atoms with Crippen LogP contribution in [0.15, 0.2) is 24.3 Å². The van der Waals surface area contributed by atoms with Crippen LogP contribution in [0.2, 0.25) is 5.02 Å². The van der Waals surface area contributed by atoms with Crippen molar-refractivity contribution in [2.24, 2.45) is 0 Å². The zero-order valence-corrected chi connectivity index (χ0v) is 9.28. The first-order valence-corrected chi connectivity index (χ1v) is 4.93. The van der Waals surface area contributed by atoms with Gasteiger partial charge in [-0.05, 0) is 24.3 Å². The molecule has 0 bridgehead atoms. The Morgan fingerprint density at radius 2 is 1.93 bits per heavy atom. The highest BCUT2D eigenvalue weighted by Gasteiger charge is 2.07. The van der Waals surface area contributed by atoms with E-state index in [0.717, 1.165) is 11.2 Å². The number of aromatic hydroxyl groups is 1. The van der Waals surface area contributed by atoms with E-state index in [1.807, 2.05) is 31.1 Å². The Hall–Kier alpha value is -1.48. The summed E-state index contributed by atoms with van der Waals surface area (Å²) in [7, 11) is 3.80. The third-order valence-electron chi connectivity index (χ3n) is 2.23. The number of pyridine rings is 1. The summed E-state index contributed by atoms with van der Waals surface area (Å²) < 4.78 is 0. The van der Waals surface area contributed by atoms with E-state index in [1.165, 1.54) is 0 Å². The fraction of sp³-hybridized carbons (Fsp3) is 0.182. The van der Waals surface area contributed by atoms with Crippen molar-refractivity contribution in [1.82, 2.24) is 4.98 Å². The van der Waals surface area contributed by atoms with E-state index in [2.05, 4.69) is 4.98 Å². The third-order valence-corrected chi connectivity index (χ3v) is 2.56. The minimum Gasteiger partial charge on any atom is -0.506 e. The largest absolute Gasteiger partial charge is 0.506 e. The number of nitrogens with zero attached hydrogens (tertiary/aromatic N) is 2. The topological polar surface area (TPSA) is 36.4 Å². The Labute approximate surface area is 92.9 Å². The number of phenolic OH excluding ortho intramolecular Hbond substituents is 1. The number of anilines is 1. The normalized spacial score (nSPS) is 10.6. The fourth-order valence-electron chi connectivity index (χ4n) is 1.41. The fourth-order valence-corrected chi connectivity index (χ4v) is 1.62. The number of hydrogen-bond donors (Lipinski definition) is 1. The number of phenols is 1. The minimum absolute atomic E-state index is 0.151. The zero-order chi connectivity index (χ0) is 11.0. The highest BCUT2D eigenvalue weighted by atomic mass is 35.5. The summed E-state index contributed by atoms with van der Waals surface area (Å²) in [5.74, 6) is 0.943. The predicted molar refractivity (Wildman–Crippen MR) is 62.7 cm³/mol. The molecule has 3 nitrogen and oxygen atoms in total. The highest BCUT2D eigenvalue weighted by Crippen LogP contribution is 2.30. The van der Waals surface area contributed by atoms with Crippen molar-refractivity contribution in [1.29, 1.82) is 0 Å². The van der Waals surface area contributed by atoms with Crippen molar-refractivity contribution in [3.8, 4) is 5.75 Å². The molecule has 0 fully saturated rings. The van der Waals surface area contributed by atoms with Gasteiger partial charge in [-0.2, -0.15) is 0 Å². The van der Waals surface area contributed by atoms with Crippen LogP contribution in [0.5, 0.6) is 5.75 Å². The maximum Gasteiger partial charge on any atom is 0.142 e. The van der Waals surface area contributed by atoms with Gasteiger partial charge in [0, 0.05) is 19.5 Å². The van der Waals surface area contributed by atoms with Gasteiger partial charge >= 0.3 is 0 Å². The number of fused-ring (bicyclic) bond motifs is 1. The maximum absolute atomic E-state index is 9.66. The predicted octanol–water partition coefficient (Wildman–Crippen LogP) is 2.66. The lowest BCUT2D eigenvalue weighted by Crippen LogP contribution is -2.10. The van der Waals surface area contributed by atoms with Gasteiger partial charge in [-0.25, -0.2) is 4.98 Å². The molecule has 0 atom stereocenters. The number of hydrogen-bond acceptors (Lipinski definition) is 3. The van der Waals surface area contributed by atoms with E-state index in [1.54, 1.807) is 12.1 Å². The lowest BCUT2D eigenvalue weighted by molar-refractivity contribution is 0.480. The first kappa shape index (κ1) is 10.1. The smallest absolute Gasteiger partial charge is 0.142 e. The second kappa shape index (κ2) is 3.59. The quantitative estimate of drug-likeness (QED) is 0.806. The van der Waals surface area contributed by atoms with E-state index in [-0.39, 0.29) is 5.75 Å². The van der Waals surface area contributed by atoms with Crippen LogP contribution >= 0.6 is 11.6 Å². The second-order valence-corrected chi connectivity index (χ2v) is 3.93. The molecule has 0 unspecified atom stereocenters. The molecular formula is C11H11ClN2O. The molecule has 0 radical (unpaired) electrons. The Morgan fingerprint density at radius 3 is 2.60 bits per heavy atom. The summed E-state index contributed by atoms with van der Waals surface area (Å²) in [6.45, 7) is 0. The molecule has 1 N–H and O–H groups in total. The van der Waals surface area contributed by atoms with Crippen LogP contribution in [-0.2, 0) is 0 Å². The first-order chi connectivity index (χ1) is 7.09. The van der Waals surface area contributed by atoms with Crippen LogP contribution < -0.4 is 4.90 Å². The summed E-state index contributed by atoms with van der Waals surface area (Å²) in [5, 5.41) is 11.0. The molecule has 78 valence electrons. The average Bonchev–Trinajstić information content (AvgIpc) is 2.23. The molecule has 0 aliphatic heterocycles. The monoisotopic (exact) mass is 222 g/mol. The van der Waals surface area contributed by atoms with E-state index >= 15 is 0 Å². The Bertz CT molecular complexity index is 511. The van der Waals surface area contributed by atoms with Crippen LogP contribution in [0.1, 0.15) is 0 Å². The maximum atomic E-state index is 9.66. The number of aromatic nitrogens is 1. The summed E-state index contributed by atoms with van der Waals surface area (Å²) in [5.41, 5.74) is 0.536. The van der Waals surface area contributed by atoms with Crippen LogP contribution in [0.4, 0.5) is 5.82 Å². The first-order valence-electron chi connectivity index (χ1n) is 4.55. The standard InChI is InChI=1S/C11H11ClN2O/c1-14(2)10-6-3-7-8(12)4-5-9(15)11(7)13-10/h3-6,15H,1-2H3. The molecule has 1 aromatic heterocycles. The van der Waals surface area contributed by atoms with E-state index < -0.39 is 0 Å². The highest BCUT2D eigenvalue weighted by molar-refractivity contribution is 6.35. The number of halogens is 1. The zero-order valence-electron chi connectivity index (χ0n) is 8.53. The molecule has 2 aromatic rings. The van der Waals surface area contributed by atoms with E-state index in [4.69, 9.17) is 11.6 Å². The van der Waals surface area contributed by atoms with Crippen LogP contribution in [0, 0.1) is 0 Å². The van der Waals surface area contributed by atoms with Gasteiger partial charge in [0.15, 0.2) is 0 Å². The Kier molecular flexibility index (Phi) is 2.40. The third kappa shape index (κ3) is 1.70. The Morgan fingerprint density at radius 1 is 1.20 bits per heavy atom. The molecular weight excluding hydrogens is 212 g/mol. The van der Waals surface area contributed by atoms with Crippen LogP contribution in [-0.4, -0.2) is 24.2 Å². The van der Waals surface area contributed by atoms with Gasteiger partial charge < -0.3 is 10.0 Å². The number of benzene rings is 1. The van der Waals surface area contributed by atoms with Gasteiger partial charge in [0.1, 0.15) is 17.1 Å². The van der Waals surface area contributed by atoms with E-state index in [0.29, 0.717) is 10.5 Å². The molecule has 1 aromatic carbocycles. The summed E-state index contributed by atoms with van der Waals surface area (Å²) in [4.78, 5) is 6.20. The van der Waals surface area contributed by atoms with Gasteiger partial charge in [0.05, 0.1) is 5.02 Å². The van der Waals surface area contributed by atoms with Crippen molar-refractivity contribution < 1.29 is 5.11 Å². The average molecular weight is 223 g/mol. The summed E-state index contributed by atoms with van der Waals surface area (Å²) >= 11 is 6.00. The molecule has 2 rings (SSSR count). The molecule has 0 spiro atoms. The number of rotatable bonds is 1. The van der Waals surface area contributed by atoms with E-state index in [9.17, 15) is 5.11 Å². The molecule has 0 aliphatic carbocycles. The molecule has 0 saturated heterocycles. The minimum atomic E-state index is 0.151. The molecule has 1 heterocycles. The Balaban J connectivity index is 2.76. The van der Waals surface area contributed by atoms with Crippen LogP contribution in [0.3, 0.4) is 0 Å². The summed E-state index contributed by atoms with van der Waals surface area (Å²) in [6.07, 6.45) is 0. The van der Waals surface area contributed by atoms with Gasteiger partial charge in [-0.3, -0.25) is 0 Å². The lowest BCUT2D eigenvalue weighted by atomic mass is 10.2.